The quantitative estimate of drug-likeness (QED) is 0.149. The molecule has 0 aliphatic rings. The molecule has 0 atom stereocenters. The normalized spacial score (nSPS) is 10.9. The molecule has 0 unspecified atom stereocenters. The fourth-order valence-electron chi connectivity index (χ4n) is 6.00. The average molecular weight is 677 g/mol. The van der Waals surface area contributed by atoms with E-state index >= 15 is 0 Å². The summed E-state index contributed by atoms with van der Waals surface area (Å²) in [7, 11) is 3.21. The van der Waals surface area contributed by atoms with Crippen LogP contribution in [0.1, 0.15) is 0 Å². The Balaban J connectivity index is 1.12. The van der Waals surface area contributed by atoms with E-state index in [0.29, 0.717) is 34.5 Å². The second kappa shape index (κ2) is 14.4. The Labute approximate surface area is 301 Å². The van der Waals surface area contributed by atoms with Crippen LogP contribution < -0.4 is 9.47 Å². The fraction of sp³-hybridized carbons (Fsp3) is 0.0455. The lowest BCUT2D eigenvalue weighted by Gasteiger charge is -2.12. The van der Waals surface area contributed by atoms with Crippen molar-refractivity contribution < 1.29 is 9.47 Å². The predicted molar refractivity (Wildman–Crippen MR) is 204 cm³/mol. The first-order valence-corrected chi connectivity index (χ1v) is 16.7. The van der Waals surface area contributed by atoms with Crippen LogP contribution in [0.3, 0.4) is 0 Å². The van der Waals surface area contributed by atoms with Crippen LogP contribution in [0.25, 0.3) is 78.9 Å². The third-order valence-electron chi connectivity index (χ3n) is 8.67. The van der Waals surface area contributed by atoms with Crippen LogP contribution in [-0.4, -0.2) is 44.1 Å². The molecule has 8 aromatic rings. The van der Waals surface area contributed by atoms with Gasteiger partial charge in [0.1, 0.15) is 0 Å². The van der Waals surface area contributed by atoms with Gasteiger partial charge < -0.3 is 9.47 Å². The maximum absolute atomic E-state index is 5.40. The molecule has 2 aromatic carbocycles. The zero-order chi connectivity index (χ0) is 35.3. The number of hydrogen-bond acceptors (Lipinski definition) is 8. The van der Waals surface area contributed by atoms with Gasteiger partial charge in [-0.15, -0.1) is 0 Å². The zero-order valence-corrected chi connectivity index (χ0v) is 28.5. The molecule has 52 heavy (non-hydrogen) atoms. The lowest BCUT2D eigenvalue weighted by Crippen LogP contribution is -1.96. The van der Waals surface area contributed by atoms with Crippen molar-refractivity contribution in [2.45, 2.75) is 0 Å². The second-order valence-electron chi connectivity index (χ2n) is 12.0. The van der Waals surface area contributed by atoms with Gasteiger partial charge in [0.05, 0.1) is 59.8 Å². The molecule has 8 heteroatoms. The van der Waals surface area contributed by atoms with Crippen molar-refractivity contribution in [3.05, 3.63) is 158 Å². The van der Waals surface area contributed by atoms with Gasteiger partial charge in [-0.25, -0.2) is 19.9 Å². The van der Waals surface area contributed by atoms with Crippen molar-refractivity contribution in [1.82, 2.24) is 29.9 Å². The van der Waals surface area contributed by atoms with Gasteiger partial charge in [0, 0.05) is 24.5 Å². The van der Waals surface area contributed by atoms with Crippen molar-refractivity contribution >= 4 is 0 Å². The summed E-state index contributed by atoms with van der Waals surface area (Å²) in [4.78, 5) is 28.3. The number of methoxy groups -OCH3 is 2. The maximum atomic E-state index is 5.40. The Morgan fingerprint density at radius 1 is 0.308 bits per heavy atom. The molecule has 0 saturated heterocycles. The van der Waals surface area contributed by atoms with Crippen molar-refractivity contribution in [2.24, 2.45) is 0 Å². The molecule has 6 aromatic heterocycles. The van der Waals surface area contributed by atoms with E-state index in [1.54, 1.807) is 26.6 Å². The number of aromatic nitrogens is 6. The molecule has 0 aliphatic heterocycles. The first kappa shape index (κ1) is 32.2. The lowest BCUT2D eigenvalue weighted by atomic mass is 9.97. The molecule has 0 saturated carbocycles. The van der Waals surface area contributed by atoms with E-state index in [-0.39, 0.29) is 0 Å². The van der Waals surface area contributed by atoms with E-state index in [2.05, 4.69) is 80.6 Å². The van der Waals surface area contributed by atoms with Gasteiger partial charge in [0.25, 0.3) is 0 Å². The summed E-state index contributed by atoms with van der Waals surface area (Å²) >= 11 is 0. The summed E-state index contributed by atoms with van der Waals surface area (Å²) in [6, 6.07) is 48.4. The summed E-state index contributed by atoms with van der Waals surface area (Å²) < 4.78 is 10.8. The van der Waals surface area contributed by atoms with Gasteiger partial charge >= 0.3 is 0 Å². The minimum Gasteiger partial charge on any atom is -0.481 e. The smallest absolute Gasteiger partial charge is 0.213 e. The summed E-state index contributed by atoms with van der Waals surface area (Å²) in [5, 5.41) is 0. The number of pyridine rings is 6. The SMILES string of the molecule is COc1cccc(-c2cc(-c3ccc(-c4ccc(-c5cc(-c6ccccn6)nc(-c6ccccn6)c5)cc4)cc3)cc(-c3cccc(OC)n3)n2)n1. The summed E-state index contributed by atoms with van der Waals surface area (Å²) in [5.74, 6) is 1.04. The van der Waals surface area contributed by atoms with Crippen molar-refractivity contribution in [1.29, 1.82) is 0 Å². The molecule has 250 valence electrons. The Hall–Kier alpha value is -7.06. The molecule has 0 N–H and O–H groups in total. The van der Waals surface area contributed by atoms with Crippen LogP contribution in [-0.2, 0) is 0 Å². The Morgan fingerprint density at radius 3 is 1.00 bits per heavy atom. The molecule has 6 heterocycles. The summed E-state index contributed by atoms with van der Waals surface area (Å²) in [6.07, 6.45) is 3.57. The van der Waals surface area contributed by atoms with Gasteiger partial charge in [0.2, 0.25) is 11.8 Å². The molecule has 0 fully saturated rings. The molecule has 8 rings (SSSR count). The van der Waals surface area contributed by atoms with E-state index in [0.717, 1.165) is 56.2 Å². The van der Waals surface area contributed by atoms with Crippen LogP contribution in [0.15, 0.2) is 158 Å². The fourth-order valence-corrected chi connectivity index (χ4v) is 6.00. The van der Waals surface area contributed by atoms with E-state index in [4.69, 9.17) is 19.4 Å². The van der Waals surface area contributed by atoms with Crippen LogP contribution in [0.5, 0.6) is 11.8 Å². The van der Waals surface area contributed by atoms with Crippen LogP contribution in [0.2, 0.25) is 0 Å². The Kier molecular flexibility index (Phi) is 8.92. The van der Waals surface area contributed by atoms with Crippen LogP contribution in [0.4, 0.5) is 0 Å². The van der Waals surface area contributed by atoms with Crippen LogP contribution in [0, 0.1) is 0 Å². The first-order valence-electron chi connectivity index (χ1n) is 16.7. The standard InChI is InChI=1S/C44H32N6O2/c1-51-43-13-7-11-37(49-43)41-27-34(28-42(48-41)38-12-8-14-44(50-38)52-2)32-21-17-30(18-22-32)29-15-19-31(20-16-29)33-25-39(35-9-3-5-23-45-35)47-40(26-33)36-10-4-6-24-46-36/h3-28H,1-2H3. The largest absolute Gasteiger partial charge is 0.481 e. The van der Waals surface area contributed by atoms with E-state index in [9.17, 15) is 0 Å². The number of nitrogens with zero attached hydrogens (tertiary/aromatic N) is 6. The zero-order valence-electron chi connectivity index (χ0n) is 28.5. The summed E-state index contributed by atoms with van der Waals surface area (Å²) in [6.45, 7) is 0. The van der Waals surface area contributed by atoms with Gasteiger partial charge in [-0.05, 0) is 94.0 Å². The average Bonchev–Trinajstić information content (AvgIpc) is 3.24. The summed E-state index contributed by atoms with van der Waals surface area (Å²) in [5.41, 5.74) is 12.4. The van der Waals surface area contributed by atoms with Gasteiger partial charge in [0.15, 0.2) is 0 Å². The highest BCUT2D eigenvalue weighted by Gasteiger charge is 2.14. The minimum absolute atomic E-state index is 0.521. The van der Waals surface area contributed by atoms with Crippen molar-refractivity contribution in [3.63, 3.8) is 0 Å². The highest BCUT2D eigenvalue weighted by Crippen LogP contribution is 2.33. The maximum Gasteiger partial charge on any atom is 0.213 e. The Bertz CT molecular complexity index is 2350. The van der Waals surface area contributed by atoms with Gasteiger partial charge in [-0.1, -0.05) is 72.8 Å². The molecular formula is C44H32N6O2. The molecule has 0 spiro atoms. The number of benzene rings is 2. The molecule has 0 radical (unpaired) electrons. The van der Waals surface area contributed by atoms with Gasteiger partial charge in [-0.2, -0.15) is 0 Å². The highest BCUT2D eigenvalue weighted by atomic mass is 16.5. The number of hydrogen-bond donors (Lipinski definition) is 0. The molecule has 0 aliphatic carbocycles. The molecule has 0 bridgehead atoms. The highest BCUT2D eigenvalue weighted by molar-refractivity contribution is 5.79. The monoisotopic (exact) mass is 676 g/mol. The van der Waals surface area contributed by atoms with E-state index in [1.165, 1.54) is 0 Å². The molecule has 8 nitrogen and oxygen atoms in total. The van der Waals surface area contributed by atoms with Crippen molar-refractivity contribution in [2.75, 3.05) is 14.2 Å². The predicted octanol–water partition coefficient (Wildman–Crippen LogP) is 9.74. The topological polar surface area (TPSA) is 95.8 Å². The first-order chi connectivity index (χ1) is 25.6. The number of rotatable bonds is 9. The van der Waals surface area contributed by atoms with E-state index in [1.807, 2.05) is 84.9 Å². The van der Waals surface area contributed by atoms with Crippen LogP contribution >= 0.6 is 0 Å². The van der Waals surface area contributed by atoms with Gasteiger partial charge in [-0.3, -0.25) is 9.97 Å². The Morgan fingerprint density at radius 2 is 0.654 bits per heavy atom. The van der Waals surface area contributed by atoms with E-state index < -0.39 is 0 Å². The van der Waals surface area contributed by atoms with Crippen molar-refractivity contribution in [3.8, 4) is 90.7 Å². The second-order valence-corrected chi connectivity index (χ2v) is 12.0. The number of ether oxygens (including phenoxy) is 2. The third kappa shape index (κ3) is 6.86. The molecule has 0 amide bonds. The lowest BCUT2D eigenvalue weighted by molar-refractivity contribution is 0.398. The molecular weight excluding hydrogens is 645 g/mol. The third-order valence-corrected chi connectivity index (χ3v) is 8.67. The minimum atomic E-state index is 0.521.